The molecule has 0 unspecified atom stereocenters. The monoisotopic (exact) mass is 449 g/mol. The number of nitrogens with one attached hydrogen (secondary N) is 2. The predicted molar refractivity (Wildman–Crippen MR) is 127 cm³/mol. The number of hydrogen-bond acceptors (Lipinski definition) is 5. The summed E-state index contributed by atoms with van der Waals surface area (Å²) in [6.45, 7) is 3.05. The van der Waals surface area contributed by atoms with Crippen LogP contribution >= 0.6 is 11.3 Å². The molecule has 0 aliphatic carbocycles. The lowest BCUT2D eigenvalue weighted by molar-refractivity contribution is -0.128. The van der Waals surface area contributed by atoms with Gasteiger partial charge in [0.05, 0.1) is 24.8 Å². The minimum atomic E-state index is -0.661. The average molecular weight is 450 g/mol. The molecule has 0 bridgehead atoms. The van der Waals surface area contributed by atoms with Gasteiger partial charge >= 0.3 is 0 Å². The van der Waals surface area contributed by atoms with Crippen LogP contribution in [0.15, 0.2) is 72.1 Å². The summed E-state index contributed by atoms with van der Waals surface area (Å²) in [4.78, 5) is 28.7. The molecule has 2 aromatic carbocycles. The Labute approximate surface area is 192 Å². The molecule has 0 fully saturated rings. The number of ether oxygens (including phenoxy) is 1. The summed E-state index contributed by atoms with van der Waals surface area (Å²) in [6.07, 6.45) is 0.191. The Hall–Kier alpha value is -3.32. The lowest BCUT2D eigenvalue weighted by Gasteiger charge is -2.35. The summed E-state index contributed by atoms with van der Waals surface area (Å²) in [6, 6.07) is 21.3. The first-order valence-corrected chi connectivity index (χ1v) is 11.7. The van der Waals surface area contributed by atoms with Crippen LogP contribution in [0.2, 0.25) is 0 Å². The molecular formula is C25H27N3O3S. The first kappa shape index (κ1) is 21.9. The van der Waals surface area contributed by atoms with Crippen LogP contribution in [0, 0.1) is 0 Å². The number of thiophene rings is 1. The lowest BCUT2D eigenvalue weighted by Crippen LogP contribution is -2.51. The number of anilines is 1. The minimum absolute atomic E-state index is 0.114. The number of hydrogen-bond donors (Lipinski definition) is 2. The standard InChI is InChI=1S/C25H27N3O3S/c1-2-14-26-25(30)21-16-28(19-11-6-7-12-20(19)31-21)17-23(29)27-24(22-13-8-15-32-22)18-9-4-3-5-10-18/h3-13,15,21,24H,2,14,16-17H2,1H3,(H,26,30)(H,27,29)/t21-,24-/m0/s1. The zero-order valence-corrected chi connectivity index (χ0v) is 18.8. The van der Waals surface area contributed by atoms with Gasteiger partial charge in [-0.15, -0.1) is 11.3 Å². The highest BCUT2D eigenvalue weighted by molar-refractivity contribution is 7.10. The van der Waals surface area contributed by atoms with E-state index in [9.17, 15) is 9.59 Å². The van der Waals surface area contributed by atoms with Crippen LogP contribution in [0.3, 0.4) is 0 Å². The molecule has 32 heavy (non-hydrogen) atoms. The van der Waals surface area contributed by atoms with Gasteiger partial charge in [-0.05, 0) is 35.6 Å². The van der Waals surface area contributed by atoms with Crippen molar-refractivity contribution >= 4 is 28.8 Å². The third-order valence-electron chi connectivity index (χ3n) is 5.30. The molecule has 2 N–H and O–H groups in total. The summed E-state index contributed by atoms with van der Waals surface area (Å²) >= 11 is 1.61. The molecule has 1 aromatic heterocycles. The molecule has 0 spiro atoms. The Morgan fingerprint density at radius 1 is 1.09 bits per heavy atom. The van der Waals surface area contributed by atoms with Gasteiger partial charge in [-0.2, -0.15) is 0 Å². The second-order valence-electron chi connectivity index (χ2n) is 7.67. The van der Waals surface area contributed by atoms with E-state index in [0.717, 1.165) is 22.5 Å². The summed E-state index contributed by atoms with van der Waals surface area (Å²) in [5.74, 6) is 0.338. The Morgan fingerprint density at radius 3 is 2.62 bits per heavy atom. The van der Waals surface area contributed by atoms with E-state index in [2.05, 4.69) is 10.6 Å². The molecule has 0 saturated carbocycles. The number of para-hydroxylation sites is 2. The average Bonchev–Trinajstić information content (AvgIpc) is 3.36. The maximum absolute atomic E-state index is 13.2. The van der Waals surface area contributed by atoms with Gasteiger partial charge in [-0.1, -0.05) is 55.5 Å². The summed E-state index contributed by atoms with van der Waals surface area (Å²) < 4.78 is 5.93. The van der Waals surface area contributed by atoms with Gasteiger partial charge in [0.1, 0.15) is 5.75 Å². The number of fused-ring (bicyclic) bond motifs is 1. The molecule has 0 radical (unpaired) electrons. The Morgan fingerprint density at radius 2 is 1.88 bits per heavy atom. The van der Waals surface area contributed by atoms with Gasteiger partial charge in [-0.25, -0.2) is 0 Å². The number of benzene rings is 2. The van der Waals surface area contributed by atoms with Gasteiger partial charge < -0.3 is 20.3 Å². The van der Waals surface area contributed by atoms with E-state index in [0.29, 0.717) is 18.8 Å². The normalized spacial score (nSPS) is 15.9. The van der Waals surface area contributed by atoms with Crippen molar-refractivity contribution in [2.75, 3.05) is 24.5 Å². The van der Waals surface area contributed by atoms with Gasteiger partial charge in [0, 0.05) is 11.4 Å². The van der Waals surface area contributed by atoms with Gasteiger partial charge in [-0.3, -0.25) is 9.59 Å². The van der Waals surface area contributed by atoms with E-state index < -0.39 is 6.10 Å². The first-order valence-electron chi connectivity index (χ1n) is 10.8. The van der Waals surface area contributed by atoms with Crippen molar-refractivity contribution in [1.82, 2.24) is 10.6 Å². The molecule has 166 valence electrons. The largest absolute Gasteiger partial charge is 0.477 e. The van der Waals surface area contributed by atoms with Crippen molar-refractivity contribution in [2.24, 2.45) is 0 Å². The number of carbonyl (C=O) groups excluding carboxylic acids is 2. The highest BCUT2D eigenvalue weighted by atomic mass is 32.1. The second-order valence-corrected chi connectivity index (χ2v) is 8.65. The van der Waals surface area contributed by atoms with Gasteiger partial charge in [0.25, 0.3) is 5.91 Å². The third-order valence-corrected chi connectivity index (χ3v) is 6.24. The van der Waals surface area contributed by atoms with Gasteiger partial charge in [0.2, 0.25) is 5.91 Å². The van der Waals surface area contributed by atoms with Crippen LogP contribution < -0.4 is 20.3 Å². The predicted octanol–water partition coefficient (Wildman–Crippen LogP) is 3.75. The summed E-state index contributed by atoms with van der Waals surface area (Å²) in [5.41, 5.74) is 1.84. The van der Waals surface area contributed by atoms with Crippen LogP contribution in [-0.2, 0) is 9.59 Å². The van der Waals surface area contributed by atoms with Crippen LogP contribution in [0.25, 0.3) is 0 Å². The fourth-order valence-corrected chi connectivity index (χ4v) is 4.56. The van der Waals surface area contributed by atoms with E-state index in [-0.39, 0.29) is 24.4 Å². The van der Waals surface area contributed by atoms with Crippen LogP contribution in [-0.4, -0.2) is 37.6 Å². The first-order chi connectivity index (χ1) is 15.7. The Balaban J connectivity index is 1.51. The van der Waals surface area contributed by atoms with Crippen LogP contribution in [0.5, 0.6) is 5.75 Å². The molecule has 6 nitrogen and oxygen atoms in total. The Bertz CT molecular complexity index is 1040. The highest BCUT2D eigenvalue weighted by Gasteiger charge is 2.31. The molecule has 2 heterocycles. The second kappa shape index (κ2) is 10.3. The van der Waals surface area contributed by atoms with Crippen molar-refractivity contribution in [3.8, 4) is 5.75 Å². The van der Waals surface area contributed by atoms with Crippen molar-refractivity contribution in [3.63, 3.8) is 0 Å². The molecule has 4 rings (SSSR count). The molecule has 2 amide bonds. The summed E-state index contributed by atoms with van der Waals surface area (Å²) in [5, 5.41) is 8.08. The van der Waals surface area contributed by atoms with E-state index in [1.165, 1.54) is 0 Å². The maximum Gasteiger partial charge on any atom is 0.262 e. The third kappa shape index (κ3) is 5.11. The number of rotatable bonds is 8. The van der Waals surface area contributed by atoms with Crippen LogP contribution in [0.1, 0.15) is 29.8 Å². The Kier molecular flexibility index (Phi) is 7.07. The molecular weight excluding hydrogens is 422 g/mol. The zero-order valence-electron chi connectivity index (χ0n) is 18.0. The molecule has 7 heteroatoms. The molecule has 0 saturated heterocycles. The number of carbonyl (C=O) groups is 2. The fourth-order valence-electron chi connectivity index (χ4n) is 3.76. The van der Waals surface area contributed by atoms with E-state index in [1.807, 2.05) is 83.9 Å². The van der Waals surface area contributed by atoms with Crippen molar-refractivity contribution < 1.29 is 14.3 Å². The molecule has 3 aromatic rings. The quantitative estimate of drug-likeness (QED) is 0.550. The van der Waals surface area contributed by atoms with E-state index >= 15 is 0 Å². The van der Waals surface area contributed by atoms with Crippen molar-refractivity contribution in [2.45, 2.75) is 25.5 Å². The van der Waals surface area contributed by atoms with Crippen LogP contribution in [0.4, 0.5) is 5.69 Å². The highest BCUT2D eigenvalue weighted by Crippen LogP contribution is 2.33. The number of amides is 2. The SMILES string of the molecule is CCCNC(=O)[C@@H]1CN(CC(=O)N[C@@H](c2ccccc2)c2cccs2)c2ccccc2O1. The van der Waals surface area contributed by atoms with Crippen molar-refractivity contribution in [3.05, 3.63) is 82.6 Å². The zero-order chi connectivity index (χ0) is 22.3. The maximum atomic E-state index is 13.2. The topological polar surface area (TPSA) is 70.7 Å². The smallest absolute Gasteiger partial charge is 0.262 e. The minimum Gasteiger partial charge on any atom is -0.477 e. The fraction of sp³-hybridized carbons (Fsp3) is 0.280. The lowest BCUT2D eigenvalue weighted by atomic mass is 10.1. The van der Waals surface area contributed by atoms with E-state index in [1.54, 1.807) is 11.3 Å². The van der Waals surface area contributed by atoms with Gasteiger partial charge in [0.15, 0.2) is 6.10 Å². The molecule has 1 aliphatic heterocycles. The number of nitrogens with zero attached hydrogens (tertiary/aromatic N) is 1. The summed E-state index contributed by atoms with van der Waals surface area (Å²) in [7, 11) is 0. The van der Waals surface area contributed by atoms with Crippen molar-refractivity contribution in [1.29, 1.82) is 0 Å². The van der Waals surface area contributed by atoms with E-state index in [4.69, 9.17) is 4.74 Å². The molecule has 1 aliphatic rings. The molecule has 2 atom stereocenters.